The second-order valence-electron chi connectivity index (χ2n) is 10.7. The minimum absolute atomic E-state index is 0.000536. The van der Waals surface area contributed by atoms with Crippen LogP contribution in [0.3, 0.4) is 0 Å². The Labute approximate surface area is 252 Å². The second-order valence-corrected chi connectivity index (χ2v) is 12.3. The molecule has 0 fully saturated rings. The summed E-state index contributed by atoms with van der Waals surface area (Å²) in [5.41, 5.74) is 7.26. The smallest absolute Gasteiger partial charge is 0.266 e. The molecule has 1 unspecified atom stereocenters. The van der Waals surface area contributed by atoms with Crippen molar-refractivity contribution in [3.8, 4) is 0 Å². The van der Waals surface area contributed by atoms with Crippen LogP contribution in [-0.4, -0.2) is 32.9 Å². The number of sulfonamides is 1. The Morgan fingerprint density at radius 1 is 0.791 bits per heavy atom. The van der Waals surface area contributed by atoms with Crippen LogP contribution in [0.1, 0.15) is 35.3 Å². The number of para-hydroxylation sites is 1. The molecule has 4 aromatic carbocycles. The van der Waals surface area contributed by atoms with Crippen LogP contribution in [-0.2, 0) is 37.5 Å². The molecule has 0 heterocycles. The van der Waals surface area contributed by atoms with Crippen LogP contribution in [0.5, 0.6) is 0 Å². The first-order valence-electron chi connectivity index (χ1n) is 13.6. The van der Waals surface area contributed by atoms with Gasteiger partial charge in [-0.2, -0.15) is 0 Å². The molecule has 0 spiro atoms. The molecule has 0 bridgehead atoms. The van der Waals surface area contributed by atoms with E-state index in [0.717, 1.165) is 11.1 Å². The molecule has 0 saturated carbocycles. The fourth-order valence-corrected chi connectivity index (χ4v) is 5.50. The summed E-state index contributed by atoms with van der Waals surface area (Å²) in [6.07, 6.45) is -1.02. The van der Waals surface area contributed by atoms with Gasteiger partial charge in [-0.05, 0) is 47.5 Å². The molecule has 4 rings (SSSR count). The van der Waals surface area contributed by atoms with Crippen molar-refractivity contribution in [2.24, 2.45) is 5.41 Å². The number of carbonyl (C=O) groups is 2. The summed E-state index contributed by atoms with van der Waals surface area (Å²) in [5.74, 6) is -1.39. The zero-order chi connectivity index (χ0) is 30.9. The number of carbonyl (C=O) groups excluding carboxylic acids is 2. The zero-order valence-electron chi connectivity index (χ0n) is 24.0. The summed E-state index contributed by atoms with van der Waals surface area (Å²) in [6.45, 7) is 4.39. The minimum Gasteiger partial charge on any atom is -0.399 e. The van der Waals surface area contributed by atoms with E-state index in [-0.39, 0.29) is 29.4 Å². The standard InChI is InChI=1S/C33H35N3O6S/c1-33(2,23-41-21-24-11-5-3-6-12-24)30(42-22-25-13-7-4-8-14-25)32(38)35-28-15-9-10-16-29(28)43(39,40)36-31(37)26-17-19-27(34)20-18-26/h3-20,30H,21-23,34H2,1-2H3,(H,35,38)(H,36,37). The van der Waals surface area contributed by atoms with Gasteiger partial charge < -0.3 is 20.5 Å². The quantitative estimate of drug-likeness (QED) is 0.180. The Kier molecular flexibility index (Phi) is 10.3. The van der Waals surface area contributed by atoms with Crippen molar-refractivity contribution in [2.45, 2.75) is 38.1 Å². The number of hydrogen-bond acceptors (Lipinski definition) is 7. The van der Waals surface area contributed by atoms with Gasteiger partial charge in [0.2, 0.25) is 0 Å². The van der Waals surface area contributed by atoms with E-state index >= 15 is 0 Å². The molecule has 10 heteroatoms. The topological polar surface area (TPSA) is 137 Å². The molecule has 0 aliphatic rings. The second kappa shape index (κ2) is 14.1. The first kappa shape index (κ1) is 31.4. The number of nitrogen functional groups attached to an aromatic ring is 1. The highest BCUT2D eigenvalue weighted by Gasteiger charge is 2.37. The Hall–Kier alpha value is -4.51. The van der Waals surface area contributed by atoms with Crippen molar-refractivity contribution >= 4 is 33.2 Å². The third-order valence-electron chi connectivity index (χ3n) is 6.63. The number of nitrogens with two attached hydrogens (primary N) is 1. The molecular formula is C33H35N3O6S. The van der Waals surface area contributed by atoms with Gasteiger partial charge >= 0.3 is 0 Å². The van der Waals surface area contributed by atoms with Crippen molar-refractivity contribution < 1.29 is 27.5 Å². The number of nitrogens with one attached hydrogen (secondary N) is 2. The van der Waals surface area contributed by atoms with Crippen molar-refractivity contribution in [1.29, 1.82) is 0 Å². The van der Waals surface area contributed by atoms with Crippen molar-refractivity contribution in [2.75, 3.05) is 17.7 Å². The van der Waals surface area contributed by atoms with E-state index in [1.54, 1.807) is 6.07 Å². The predicted octanol–water partition coefficient (Wildman–Crippen LogP) is 5.15. The number of hydrogen-bond donors (Lipinski definition) is 3. The highest BCUT2D eigenvalue weighted by Crippen LogP contribution is 2.29. The van der Waals surface area contributed by atoms with E-state index in [4.69, 9.17) is 15.2 Å². The summed E-state index contributed by atoms with van der Waals surface area (Å²) in [7, 11) is -4.37. The summed E-state index contributed by atoms with van der Waals surface area (Å²) in [4.78, 5) is 26.2. The van der Waals surface area contributed by atoms with Gasteiger partial charge in [-0.1, -0.05) is 86.6 Å². The average Bonchev–Trinajstić information content (AvgIpc) is 2.98. The highest BCUT2D eigenvalue weighted by molar-refractivity contribution is 7.90. The fraction of sp³-hybridized carbons (Fsp3) is 0.212. The summed E-state index contributed by atoms with van der Waals surface area (Å²) < 4.78 is 40.8. The molecular weight excluding hydrogens is 566 g/mol. The maximum absolute atomic E-state index is 13.8. The molecule has 4 N–H and O–H groups in total. The van der Waals surface area contributed by atoms with Gasteiger partial charge in [0.25, 0.3) is 21.8 Å². The zero-order valence-corrected chi connectivity index (χ0v) is 24.8. The maximum Gasteiger partial charge on any atom is 0.266 e. The van der Waals surface area contributed by atoms with Crippen molar-refractivity contribution in [3.05, 3.63) is 126 Å². The molecule has 0 aliphatic carbocycles. The Morgan fingerprint density at radius 3 is 1.98 bits per heavy atom. The lowest BCUT2D eigenvalue weighted by molar-refractivity contribution is -0.141. The van der Waals surface area contributed by atoms with E-state index < -0.39 is 33.4 Å². The molecule has 1 atom stereocenters. The molecule has 0 aromatic heterocycles. The van der Waals surface area contributed by atoms with Gasteiger partial charge in [0.05, 0.1) is 25.5 Å². The lowest BCUT2D eigenvalue weighted by Gasteiger charge is -2.33. The van der Waals surface area contributed by atoms with E-state index in [9.17, 15) is 18.0 Å². The average molecular weight is 602 g/mol. The molecule has 2 amide bonds. The molecule has 0 saturated heterocycles. The van der Waals surface area contributed by atoms with Crippen LogP contribution in [0.2, 0.25) is 0 Å². The molecule has 4 aromatic rings. The lowest BCUT2D eigenvalue weighted by Crippen LogP contribution is -2.45. The van der Waals surface area contributed by atoms with Gasteiger partial charge in [-0.15, -0.1) is 0 Å². The van der Waals surface area contributed by atoms with Crippen LogP contribution in [0.4, 0.5) is 11.4 Å². The molecule has 224 valence electrons. The lowest BCUT2D eigenvalue weighted by atomic mass is 9.86. The van der Waals surface area contributed by atoms with E-state index in [1.807, 2.05) is 74.5 Å². The van der Waals surface area contributed by atoms with E-state index in [0.29, 0.717) is 12.3 Å². The number of benzene rings is 4. The molecule has 0 aliphatic heterocycles. The van der Waals surface area contributed by atoms with Gasteiger partial charge in [0.1, 0.15) is 11.0 Å². The Bertz CT molecular complexity index is 1630. The van der Waals surface area contributed by atoms with Crippen molar-refractivity contribution in [3.63, 3.8) is 0 Å². The number of anilines is 2. The van der Waals surface area contributed by atoms with Crippen LogP contribution < -0.4 is 15.8 Å². The van der Waals surface area contributed by atoms with Crippen LogP contribution in [0, 0.1) is 5.41 Å². The molecule has 0 radical (unpaired) electrons. The van der Waals surface area contributed by atoms with Crippen LogP contribution in [0.15, 0.2) is 114 Å². The van der Waals surface area contributed by atoms with Gasteiger partial charge in [0.15, 0.2) is 0 Å². The Morgan fingerprint density at radius 2 is 1.35 bits per heavy atom. The van der Waals surface area contributed by atoms with Crippen LogP contribution in [0.25, 0.3) is 0 Å². The fourth-order valence-electron chi connectivity index (χ4n) is 4.36. The molecule has 9 nitrogen and oxygen atoms in total. The van der Waals surface area contributed by atoms with Gasteiger partial charge in [-0.3, -0.25) is 9.59 Å². The van der Waals surface area contributed by atoms with Gasteiger partial charge in [-0.25, -0.2) is 13.1 Å². The largest absolute Gasteiger partial charge is 0.399 e. The predicted molar refractivity (Wildman–Crippen MR) is 165 cm³/mol. The first-order chi connectivity index (χ1) is 20.5. The maximum atomic E-state index is 13.8. The summed E-state index contributed by atoms with van der Waals surface area (Å²) in [6, 6.07) is 30.8. The van der Waals surface area contributed by atoms with Crippen LogP contribution >= 0.6 is 0 Å². The van der Waals surface area contributed by atoms with E-state index in [1.165, 1.54) is 42.5 Å². The number of ether oxygens (including phenoxy) is 2. The van der Waals surface area contributed by atoms with Gasteiger partial charge in [0, 0.05) is 16.7 Å². The van der Waals surface area contributed by atoms with E-state index in [2.05, 4.69) is 10.0 Å². The normalized spacial score (nSPS) is 12.3. The first-order valence-corrected chi connectivity index (χ1v) is 15.1. The third kappa shape index (κ3) is 8.74. The number of amides is 2. The molecule has 43 heavy (non-hydrogen) atoms. The number of rotatable bonds is 13. The van der Waals surface area contributed by atoms with Crippen molar-refractivity contribution in [1.82, 2.24) is 4.72 Å². The summed E-state index contributed by atoms with van der Waals surface area (Å²) in [5, 5.41) is 2.72. The minimum atomic E-state index is -4.37. The highest BCUT2D eigenvalue weighted by atomic mass is 32.2. The third-order valence-corrected chi connectivity index (χ3v) is 8.02. The SMILES string of the molecule is CC(C)(COCc1ccccc1)C(OCc1ccccc1)C(=O)Nc1ccccc1S(=O)(=O)NC(=O)c1ccc(N)cc1. The summed E-state index contributed by atoms with van der Waals surface area (Å²) >= 11 is 0. The Balaban J connectivity index is 1.53. The monoisotopic (exact) mass is 601 g/mol.